The van der Waals surface area contributed by atoms with E-state index in [9.17, 15) is 4.79 Å². The summed E-state index contributed by atoms with van der Waals surface area (Å²) in [7, 11) is 0. The van der Waals surface area contributed by atoms with Crippen molar-refractivity contribution in [2.45, 2.75) is 26.0 Å². The summed E-state index contributed by atoms with van der Waals surface area (Å²) in [5.74, 6) is 0.00935. The molecule has 1 aliphatic heterocycles. The highest BCUT2D eigenvalue weighted by atomic mass is 32.2. The van der Waals surface area contributed by atoms with Crippen LogP contribution in [0.4, 0.5) is 5.69 Å². The fourth-order valence-electron chi connectivity index (χ4n) is 1.80. The Bertz CT molecular complexity index is 513. The number of aryl methyl sites for hydroxylation is 1. The number of carbonyl (C=O) groups excluding carboxylic acids is 1. The van der Waals surface area contributed by atoms with Gasteiger partial charge in [0.1, 0.15) is 0 Å². The van der Waals surface area contributed by atoms with Crippen molar-refractivity contribution in [3.8, 4) is 0 Å². The molecule has 0 radical (unpaired) electrons. The molecule has 1 heterocycles. The van der Waals surface area contributed by atoms with Crippen molar-refractivity contribution < 1.29 is 4.79 Å². The van der Waals surface area contributed by atoms with Gasteiger partial charge in [-0.15, -0.1) is 0 Å². The van der Waals surface area contributed by atoms with Crippen LogP contribution in [0.1, 0.15) is 18.1 Å². The highest BCUT2D eigenvalue weighted by Gasteiger charge is 2.18. The number of amidine groups is 1. The Morgan fingerprint density at radius 2 is 2.26 bits per heavy atom. The third-order valence-corrected chi connectivity index (χ3v) is 4.23. The van der Waals surface area contributed by atoms with Crippen molar-refractivity contribution in [3.05, 3.63) is 29.3 Å². The first-order valence-electron chi connectivity index (χ1n) is 6.40. The maximum Gasteiger partial charge on any atom is 0.237 e. The number of thioether (sulfide) groups is 1. The van der Waals surface area contributed by atoms with Crippen LogP contribution in [0, 0.1) is 13.8 Å². The van der Waals surface area contributed by atoms with Crippen LogP contribution in [0.5, 0.6) is 0 Å². The highest BCUT2D eigenvalue weighted by Crippen LogP contribution is 2.20. The van der Waals surface area contributed by atoms with E-state index in [1.807, 2.05) is 39.0 Å². The van der Waals surface area contributed by atoms with Crippen molar-refractivity contribution in [2.24, 2.45) is 4.99 Å². The monoisotopic (exact) mass is 277 g/mol. The summed E-state index contributed by atoms with van der Waals surface area (Å²) < 4.78 is 0. The second kappa shape index (κ2) is 6.10. The van der Waals surface area contributed by atoms with E-state index in [0.717, 1.165) is 29.5 Å². The van der Waals surface area contributed by atoms with Gasteiger partial charge in [-0.3, -0.25) is 9.79 Å². The smallest absolute Gasteiger partial charge is 0.237 e. The molecule has 102 valence electrons. The lowest BCUT2D eigenvalue weighted by Crippen LogP contribution is -2.27. The Balaban J connectivity index is 1.98. The number of nitrogens with one attached hydrogen (secondary N) is 2. The lowest BCUT2D eigenvalue weighted by atomic mass is 10.1. The number of hydrogen-bond acceptors (Lipinski definition) is 4. The lowest BCUT2D eigenvalue weighted by Gasteiger charge is -2.14. The van der Waals surface area contributed by atoms with Gasteiger partial charge in [0.25, 0.3) is 0 Å². The predicted octanol–water partition coefficient (Wildman–Crippen LogP) is 2.32. The summed E-state index contributed by atoms with van der Waals surface area (Å²) in [6, 6.07) is 5.93. The van der Waals surface area contributed by atoms with E-state index in [0.29, 0.717) is 0 Å². The Hall–Kier alpha value is -1.49. The molecule has 0 saturated carbocycles. The molecule has 1 amide bonds. The number of carbonyl (C=O) groups is 1. The summed E-state index contributed by atoms with van der Waals surface area (Å²) in [6.07, 6.45) is 0. The van der Waals surface area contributed by atoms with E-state index in [-0.39, 0.29) is 11.2 Å². The first-order valence-corrected chi connectivity index (χ1v) is 7.28. The SMILES string of the molecule is Cc1cccc(NC(=O)C(C)SC2=NCCN2)c1C. The third-order valence-electron chi connectivity index (χ3n) is 3.16. The van der Waals surface area contributed by atoms with Crippen LogP contribution < -0.4 is 10.6 Å². The van der Waals surface area contributed by atoms with Crippen molar-refractivity contribution >= 4 is 28.5 Å². The van der Waals surface area contributed by atoms with Crippen molar-refractivity contribution in [2.75, 3.05) is 18.4 Å². The Labute approximate surface area is 118 Å². The quantitative estimate of drug-likeness (QED) is 0.891. The standard InChI is InChI=1S/C14H19N3OS/c1-9-5-4-6-12(10(9)2)17-13(18)11(3)19-14-15-7-8-16-14/h4-6,11H,7-8H2,1-3H3,(H,15,16)(H,17,18). The highest BCUT2D eigenvalue weighted by molar-refractivity contribution is 8.14. The van der Waals surface area contributed by atoms with Gasteiger partial charge in [0.2, 0.25) is 5.91 Å². The van der Waals surface area contributed by atoms with E-state index in [1.165, 1.54) is 17.3 Å². The first kappa shape index (κ1) is 13.9. The van der Waals surface area contributed by atoms with E-state index in [1.54, 1.807) is 0 Å². The fraction of sp³-hybridized carbons (Fsp3) is 0.429. The fourth-order valence-corrected chi connectivity index (χ4v) is 2.65. The molecule has 1 atom stereocenters. The Morgan fingerprint density at radius 3 is 2.95 bits per heavy atom. The molecule has 0 bridgehead atoms. The number of rotatable bonds is 3. The maximum absolute atomic E-state index is 12.1. The molecule has 2 rings (SSSR count). The molecule has 1 unspecified atom stereocenters. The van der Waals surface area contributed by atoms with Gasteiger partial charge in [-0.25, -0.2) is 0 Å². The summed E-state index contributed by atoms with van der Waals surface area (Å²) in [5, 5.41) is 6.84. The number of nitrogens with zero attached hydrogens (tertiary/aromatic N) is 1. The van der Waals surface area contributed by atoms with Gasteiger partial charge in [0.05, 0.1) is 11.8 Å². The van der Waals surface area contributed by atoms with E-state index < -0.39 is 0 Å². The first-order chi connectivity index (χ1) is 9.08. The van der Waals surface area contributed by atoms with Crippen molar-refractivity contribution in [3.63, 3.8) is 0 Å². The lowest BCUT2D eigenvalue weighted by molar-refractivity contribution is -0.115. The molecule has 2 N–H and O–H groups in total. The molecule has 1 aromatic rings. The van der Waals surface area contributed by atoms with Crippen LogP contribution in [0.15, 0.2) is 23.2 Å². The zero-order chi connectivity index (χ0) is 13.8. The number of anilines is 1. The van der Waals surface area contributed by atoms with Crippen LogP contribution in [-0.2, 0) is 4.79 Å². The minimum absolute atomic E-state index is 0.00935. The maximum atomic E-state index is 12.1. The van der Waals surface area contributed by atoms with Crippen LogP contribution in [0.25, 0.3) is 0 Å². The number of aliphatic imine (C=N–C) groups is 1. The summed E-state index contributed by atoms with van der Waals surface area (Å²) in [5.41, 5.74) is 3.18. The van der Waals surface area contributed by atoms with Crippen molar-refractivity contribution in [1.29, 1.82) is 0 Å². The van der Waals surface area contributed by atoms with Gasteiger partial charge < -0.3 is 10.6 Å². The van der Waals surface area contributed by atoms with Gasteiger partial charge in [-0.2, -0.15) is 0 Å². The van der Waals surface area contributed by atoms with Gasteiger partial charge >= 0.3 is 0 Å². The Morgan fingerprint density at radius 1 is 1.47 bits per heavy atom. The van der Waals surface area contributed by atoms with Crippen LogP contribution in [0.2, 0.25) is 0 Å². The molecule has 19 heavy (non-hydrogen) atoms. The average molecular weight is 277 g/mol. The summed E-state index contributed by atoms with van der Waals surface area (Å²) in [4.78, 5) is 16.4. The summed E-state index contributed by atoms with van der Waals surface area (Å²) >= 11 is 1.47. The minimum Gasteiger partial charge on any atom is -0.363 e. The van der Waals surface area contributed by atoms with Crippen LogP contribution >= 0.6 is 11.8 Å². The predicted molar refractivity (Wildman–Crippen MR) is 81.9 cm³/mol. The van der Waals surface area contributed by atoms with E-state index in [4.69, 9.17) is 0 Å². The van der Waals surface area contributed by atoms with Gasteiger partial charge in [-0.05, 0) is 38.0 Å². The topological polar surface area (TPSA) is 53.5 Å². The zero-order valence-electron chi connectivity index (χ0n) is 11.5. The number of benzene rings is 1. The van der Waals surface area contributed by atoms with Crippen LogP contribution in [0.3, 0.4) is 0 Å². The molecule has 0 fully saturated rings. The van der Waals surface area contributed by atoms with E-state index in [2.05, 4.69) is 15.6 Å². The molecular weight excluding hydrogens is 258 g/mol. The van der Waals surface area contributed by atoms with Gasteiger partial charge in [0, 0.05) is 12.2 Å². The average Bonchev–Trinajstić information content (AvgIpc) is 2.87. The minimum atomic E-state index is -0.163. The number of hydrogen-bond donors (Lipinski definition) is 2. The van der Waals surface area contributed by atoms with Gasteiger partial charge in [0.15, 0.2) is 5.17 Å². The summed E-state index contributed by atoms with van der Waals surface area (Å²) in [6.45, 7) is 7.63. The number of amides is 1. The second-order valence-electron chi connectivity index (χ2n) is 4.61. The molecule has 1 aliphatic rings. The molecule has 0 saturated heterocycles. The van der Waals surface area contributed by atoms with E-state index >= 15 is 0 Å². The molecular formula is C14H19N3OS. The molecule has 4 nitrogen and oxygen atoms in total. The molecule has 1 aromatic carbocycles. The second-order valence-corrected chi connectivity index (χ2v) is 5.94. The Kier molecular flexibility index (Phi) is 4.47. The van der Waals surface area contributed by atoms with Gasteiger partial charge in [-0.1, -0.05) is 23.9 Å². The largest absolute Gasteiger partial charge is 0.363 e. The normalized spacial score (nSPS) is 15.6. The zero-order valence-corrected chi connectivity index (χ0v) is 12.3. The molecule has 0 aromatic heterocycles. The van der Waals surface area contributed by atoms with Crippen molar-refractivity contribution in [1.82, 2.24) is 5.32 Å². The molecule has 0 aliphatic carbocycles. The molecule has 0 spiro atoms. The molecule has 5 heteroatoms. The third kappa shape index (κ3) is 3.50. The van der Waals surface area contributed by atoms with Crippen LogP contribution in [-0.4, -0.2) is 29.4 Å².